The predicted octanol–water partition coefficient (Wildman–Crippen LogP) is 3.01. The SMILES string of the molecule is OC(c1cccc2c1OCC2)C1CC=CCC1. The van der Waals surface area contributed by atoms with Crippen molar-refractivity contribution < 1.29 is 9.84 Å². The van der Waals surface area contributed by atoms with Crippen molar-refractivity contribution in [2.24, 2.45) is 5.92 Å². The minimum atomic E-state index is -0.381. The lowest BCUT2D eigenvalue weighted by Crippen LogP contribution is -2.14. The molecular formula is C15H18O2. The highest BCUT2D eigenvalue weighted by molar-refractivity contribution is 5.45. The largest absolute Gasteiger partial charge is 0.493 e. The van der Waals surface area contributed by atoms with Crippen molar-refractivity contribution in [3.8, 4) is 5.75 Å². The lowest BCUT2D eigenvalue weighted by molar-refractivity contribution is 0.0995. The van der Waals surface area contributed by atoms with Crippen LogP contribution in [-0.4, -0.2) is 11.7 Å². The molecule has 0 saturated heterocycles. The van der Waals surface area contributed by atoms with E-state index in [-0.39, 0.29) is 6.10 Å². The summed E-state index contributed by atoms with van der Waals surface area (Å²) in [6.07, 6.45) is 8.11. The Kier molecular flexibility index (Phi) is 2.89. The minimum Gasteiger partial charge on any atom is -0.493 e. The Hall–Kier alpha value is -1.28. The van der Waals surface area contributed by atoms with Gasteiger partial charge in [0, 0.05) is 12.0 Å². The summed E-state index contributed by atoms with van der Waals surface area (Å²) in [7, 11) is 0. The van der Waals surface area contributed by atoms with Crippen LogP contribution < -0.4 is 4.74 Å². The van der Waals surface area contributed by atoms with Gasteiger partial charge >= 0.3 is 0 Å². The number of allylic oxidation sites excluding steroid dienone is 2. The van der Waals surface area contributed by atoms with E-state index in [0.29, 0.717) is 5.92 Å². The summed E-state index contributed by atoms with van der Waals surface area (Å²) in [5.74, 6) is 1.28. The molecule has 1 aromatic carbocycles. The number of para-hydroxylation sites is 1. The third kappa shape index (κ3) is 1.98. The molecule has 17 heavy (non-hydrogen) atoms. The number of rotatable bonds is 2. The molecule has 1 N–H and O–H groups in total. The second-order valence-corrected chi connectivity index (χ2v) is 4.92. The molecule has 3 rings (SSSR count). The third-order valence-corrected chi connectivity index (χ3v) is 3.82. The van der Waals surface area contributed by atoms with Crippen molar-refractivity contribution >= 4 is 0 Å². The molecule has 1 aliphatic carbocycles. The first-order chi connectivity index (χ1) is 8.36. The average molecular weight is 230 g/mol. The second kappa shape index (κ2) is 4.53. The summed E-state index contributed by atoms with van der Waals surface area (Å²) in [5.41, 5.74) is 2.23. The van der Waals surface area contributed by atoms with Gasteiger partial charge in [-0.05, 0) is 30.7 Å². The van der Waals surface area contributed by atoms with E-state index >= 15 is 0 Å². The zero-order valence-electron chi connectivity index (χ0n) is 9.93. The zero-order valence-corrected chi connectivity index (χ0v) is 9.93. The molecule has 0 saturated carbocycles. The van der Waals surface area contributed by atoms with Gasteiger partial charge < -0.3 is 9.84 Å². The van der Waals surface area contributed by atoms with Gasteiger partial charge in [-0.15, -0.1) is 0 Å². The number of ether oxygens (including phenoxy) is 1. The van der Waals surface area contributed by atoms with Crippen LogP contribution in [0.2, 0.25) is 0 Å². The van der Waals surface area contributed by atoms with Crippen LogP contribution in [0, 0.1) is 5.92 Å². The summed E-state index contributed by atoms with van der Waals surface area (Å²) in [4.78, 5) is 0. The Balaban J connectivity index is 1.88. The van der Waals surface area contributed by atoms with Crippen molar-refractivity contribution in [3.05, 3.63) is 41.5 Å². The van der Waals surface area contributed by atoms with Crippen LogP contribution in [0.4, 0.5) is 0 Å². The molecule has 0 spiro atoms. The van der Waals surface area contributed by atoms with Gasteiger partial charge in [-0.2, -0.15) is 0 Å². The van der Waals surface area contributed by atoms with Crippen LogP contribution in [0.25, 0.3) is 0 Å². The topological polar surface area (TPSA) is 29.5 Å². The summed E-state index contributed by atoms with van der Waals surface area (Å²) < 4.78 is 5.66. The summed E-state index contributed by atoms with van der Waals surface area (Å²) in [6, 6.07) is 6.14. The Morgan fingerprint density at radius 3 is 3.06 bits per heavy atom. The minimum absolute atomic E-state index is 0.343. The maximum atomic E-state index is 10.5. The molecule has 2 unspecified atom stereocenters. The van der Waals surface area contributed by atoms with E-state index in [1.165, 1.54) is 5.56 Å². The number of hydrogen-bond acceptors (Lipinski definition) is 2. The van der Waals surface area contributed by atoms with Gasteiger partial charge in [-0.3, -0.25) is 0 Å². The van der Waals surface area contributed by atoms with Gasteiger partial charge in [0.1, 0.15) is 5.75 Å². The van der Waals surface area contributed by atoms with E-state index in [2.05, 4.69) is 18.2 Å². The molecule has 0 aromatic heterocycles. The van der Waals surface area contributed by atoms with Crippen LogP contribution in [-0.2, 0) is 6.42 Å². The Labute approximate surface area is 102 Å². The van der Waals surface area contributed by atoms with Crippen LogP contribution in [0.15, 0.2) is 30.4 Å². The van der Waals surface area contributed by atoms with Gasteiger partial charge in [0.05, 0.1) is 12.7 Å². The summed E-state index contributed by atoms with van der Waals surface area (Å²) >= 11 is 0. The molecule has 0 fully saturated rings. The number of fused-ring (bicyclic) bond motifs is 1. The first kappa shape index (κ1) is 10.8. The Bertz CT molecular complexity index is 437. The van der Waals surface area contributed by atoms with Gasteiger partial charge in [0.2, 0.25) is 0 Å². The molecule has 2 atom stereocenters. The van der Waals surface area contributed by atoms with Crippen molar-refractivity contribution in [2.45, 2.75) is 31.8 Å². The quantitative estimate of drug-likeness (QED) is 0.791. The lowest BCUT2D eigenvalue weighted by atomic mass is 9.85. The molecule has 0 amide bonds. The third-order valence-electron chi connectivity index (χ3n) is 3.82. The van der Waals surface area contributed by atoms with E-state index in [4.69, 9.17) is 4.74 Å². The number of benzene rings is 1. The van der Waals surface area contributed by atoms with E-state index in [1.54, 1.807) is 0 Å². The Morgan fingerprint density at radius 1 is 1.29 bits per heavy atom. The molecular weight excluding hydrogens is 212 g/mol. The first-order valence-electron chi connectivity index (χ1n) is 6.44. The maximum absolute atomic E-state index is 10.5. The van der Waals surface area contributed by atoms with E-state index in [1.807, 2.05) is 12.1 Å². The highest BCUT2D eigenvalue weighted by Crippen LogP contribution is 2.39. The van der Waals surface area contributed by atoms with Gasteiger partial charge in [0.25, 0.3) is 0 Å². The fourth-order valence-corrected chi connectivity index (χ4v) is 2.83. The molecule has 1 heterocycles. The molecule has 1 aliphatic heterocycles. The average Bonchev–Trinajstić information content (AvgIpc) is 2.87. The van der Waals surface area contributed by atoms with Crippen LogP contribution in [0.5, 0.6) is 5.75 Å². The van der Waals surface area contributed by atoms with E-state index < -0.39 is 0 Å². The molecule has 2 aliphatic rings. The highest BCUT2D eigenvalue weighted by Gasteiger charge is 2.26. The normalized spacial score (nSPS) is 24.2. The van der Waals surface area contributed by atoms with Crippen LogP contribution in [0.3, 0.4) is 0 Å². The Morgan fingerprint density at radius 2 is 2.24 bits per heavy atom. The smallest absolute Gasteiger partial charge is 0.128 e. The molecule has 90 valence electrons. The van der Waals surface area contributed by atoms with Crippen LogP contribution in [0.1, 0.15) is 36.5 Å². The standard InChI is InChI=1S/C15H18O2/c16-14(11-5-2-1-3-6-11)13-8-4-7-12-9-10-17-15(12)13/h1-2,4,7-8,11,14,16H,3,5-6,9-10H2. The van der Waals surface area contributed by atoms with Gasteiger partial charge in [-0.25, -0.2) is 0 Å². The zero-order chi connectivity index (χ0) is 11.7. The molecule has 0 radical (unpaired) electrons. The van der Waals surface area contributed by atoms with E-state index in [9.17, 15) is 5.11 Å². The molecule has 2 nitrogen and oxygen atoms in total. The molecule has 0 bridgehead atoms. The lowest BCUT2D eigenvalue weighted by Gasteiger charge is -2.25. The van der Waals surface area contributed by atoms with Crippen molar-refractivity contribution in [1.29, 1.82) is 0 Å². The van der Waals surface area contributed by atoms with Gasteiger partial charge in [-0.1, -0.05) is 30.4 Å². The highest BCUT2D eigenvalue weighted by atomic mass is 16.5. The first-order valence-corrected chi connectivity index (χ1v) is 6.44. The van der Waals surface area contributed by atoms with Crippen molar-refractivity contribution in [2.75, 3.05) is 6.61 Å². The second-order valence-electron chi connectivity index (χ2n) is 4.92. The molecule has 1 aromatic rings. The summed E-state index contributed by atoms with van der Waals surface area (Å²) in [5, 5.41) is 10.5. The predicted molar refractivity (Wildman–Crippen MR) is 67.1 cm³/mol. The number of aliphatic hydroxyl groups is 1. The van der Waals surface area contributed by atoms with Crippen LogP contribution >= 0.6 is 0 Å². The maximum Gasteiger partial charge on any atom is 0.128 e. The summed E-state index contributed by atoms with van der Waals surface area (Å²) in [6.45, 7) is 0.754. The monoisotopic (exact) mass is 230 g/mol. The number of aliphatic hydroxyl groups excluding tert-OH is 1. The number of hydrogen-bond donors (Lipinski definition) is 1. The van der Waals surface area contributed by atoms with Crippen molar-refractivity contribution in [3.63, 3.8) is 0 Å². The fourth-order valence-electron chi connectivity index (χ4n) is 2.83. The van der Waals surface area contributed by atoms with E-state index in [0.717, 1.165) is 43.6 Å². The van der Waals surface area contributed by atoms with Gasteiger partial charge in [0.15, 0.2) is 0 Å². The van der Waals surface area contributed by atoms with Crippen molar-refractivity contribution in [1.82, 2.24) is 0 Å². The fraction of sp³-hybridized carbons (Fsp3) is 0.467. The molecule has 2 heteroatoms.